The van der Waals surface area contributed by atoms with Crippen LogP contribution in [0.5, 0.6) is 0 Å². The van der Waals surface area contributed by atoms with Crippen LogP contribution < -0.4 is 0 Å². The van der Waals surface area contributed by atoms with E-state index in [9.17, 15) is 4.57 Å². The van der Waals surface area contributed by atoms with Crippen LogP contribution in [-0.4, -0.2) is 12.8 Å². The maximum absolute atomic E-state index is 12.3. The molecule has 0 amide bonds. The molecule has 0 aromatic heterocycles. The smallest absolute Gasteiger partial charge is 0.309 e. The molecular weight excluding hydrogens is 331 g/mol. The maximum Gasteiger partial charge on any atom is 0.330 e. The van der Waals surface area contributed by atoms with E-state index in [1.165, 1.54) is 16.7 Å². The first-order chi connectivity index (χ1) is 11.9. The van der Waals surface area contributed by atoms with Crippen LogP contribution in [0.25, 0.3) is 0 Å². The van der Waals surface area contributed by atoms with Gasteiger partial charge in [0.05, 0.1) is 13.2 Å². The summed E-state index contributed by atoms with van der Waals surface area (Å²) in [5.74, 6) is 0. The molecule has 0 aliphatic rings. The van der Waals surface area contributed by atoms with Crippen LogP contribution >= 0.6 is 7.60 Å². The first kappa shape index (κ1) is 21.9. The molecule has 0 heterocycles. The summed E-state index contributed by atoms with van der Waals surface area (Å²) in [7, 11) is -2.94. The molecule has 0 N–H and O–H groups in total. The van der Waals surface area contributed by atoms with Gasteiger partial charge in [0.2, 0.25) is 0 Å². The second-order valence-electron chi connectivity index (χ2n) is 6.51. The summed E-state index contributed by atoms with van der Waals surface area (Å²) in [6.07, 6.45) is 8.14. The summed E-state index contributed by atoms with van der Waals surface area (Å²) in [6.45, 7) is 10.8. The van der Waals surface area contributed by atoms with Gasteiger partial charge in [0, 0.05) is 6.16 Å². The molecule has 1 rings (SSSR count). The van der Waals surface area contributed by atoms with Gasteiger partial charge in [-0.2, -0.15) is 0 Å². The standard InChI is InChI=1S/C21H33O3P/c1-6-23-25(22,7-2)24-17-21-15-13-20(14-16-21)12-11-19(5)10-8-9-18(3)4/h9,11,13-16H,6-8,10,12,17H2,1-5H3. The van der Waals surface area contributed by atoms with Gasteiger partial charge in [0.15, 0.2) is 0 Å². The minimum Gasteiger partial charge on any atom is -0.309 e. The summed E-state index contributed by atoms with van der Waals surface area (Å²) in [4.78, 5) is 0. The van der Waals surface area contributed by atoms with Gasteiger partial charge in [-0.1, -0.05) is 54.5 Å². The van der Waals surface area contributed by atoms with Gasteiger partial charge in [-0.3, -0.25) is 4.57 Å². The highest BCUT2D eigenvalue weighted by atomic mass is 31.2. The third-order valence-corrected chi connectivity index (χ3v) is 5.89. The van der Waals surface area contributed by atoms with Crippen molar-refractivity contribution in [1.29, 1.82) is 0 Å². The zero-order chi connectivity index (χ0) is 18.7. The van der Waals surface area contributed by atoms with Crippen LogP contribution in [0.15, 0.2) is 47.6 Å². The third kappa shape index (κ3) is 9.21. The van der Waals surface area contributed by atoms with Crippen LogP contribution in [0.4, 0.5) is 0 Å². The van der Waals surface area contributed by atoms with E-state index in [4.69, 9.17) is 9.05 Å². The molecule has 1 aromatic carbocycles. The van der Waals surface area contributed by atoms with E-state index in [-0.39, 0.29) is 0 Å². The van der Waals surface area contributed by atoms with Crippen molar-refractivity contribution in [2.45, 2.75) is 60.5 Å². The van der Waals surface area contributed by atoms with Crippen molar-refractivity contribution < 1.29 is 13.6 Å². The molecule has 3 nitrogen and oxygen atoms in total. The Morgan fingerprint density at radius 1 is 1.00 bits per heavy atom. The molecule has 0 bridgehead atoms. The fourth-order valence-electron chi connectivity index (χ4n) is 2.34. The quantitative estimate of drug-likeness (QED) is 0.324. The van der Waals surface area contributed by atoms with E-state index >= 15 is 0 Å². The minimum atomic E-state index is -2.94. The highest BCUT2D eigenvalue weighted by Gasteiger charge is 2.20. The largest absolute Gasteiger partial charge is 0.330 e. The number of benzene rings is 1. The summed E-state index contributed by atoms with van der Waals surface area (Å²) < 4.78 is 23.1. The third-order valence-electron chi connectivity index (χ3n) is 3.94. The lowest BCUT2D eigenvalue weighted by atomic mass is 10.1. The highest BCUT2D eigenvalue weighted by Crippen LogP contribution is 2.48. The second-order valence-corrected chi connectivity index (χ2v) is 8.88. The number of hydrogen-bond acceptors (Lipinski definition) is 3. The molecule has 1 unspecified atom stereocenters. The van der Waals surface area contributed by atoms with Crippen molar-refractivity contribution in [1.82, 2.24) is 0 Å². The predicted molar refractivity (Wildman–Crippen MR) is 107 cm³/mol. The van der Waals surface area contributed by atoms with E-state index in [0.29, 0.717) is 19.4 Å². The van der Waals surface area contributed by atoms with Crippen LogP contribution in [0.3, 0.4) is 0 Å². The molecule has 140 valence electrons. The molecule has 0 radical (unpaired) electrons. The zero-order valence-electron chi connectivity index (χ0n) is 16.4. The highest BCUT2D eigenvalue weighted by molar-refractivity contribution is 7.53. The molecule has 0 aliphatic carbocycles. The average Bonchev–Trinajstić information content (AvgIpc) is 2.59. The molecular formula is C21H33O3P. The first-order valence-corrected chi connectivity index (χ1v) is 10.9. The van der Waals surface area contributed by atoms with Crippen LogP contribution in [0, 0.1) is 0 Å². The van der Waals surface area contributed by atoms with E-state index in [0.717, 1.165) is 24.8 Å². The van der Waals surface area contributed by atoms with Crippen LogP contribution in [0.1, 0.15) is 58.6 Å². The summed E-state index contributed by atoms with van der Waals surface area (Å²) >= 11 is 0. The van der Waals surface area contributed by atoms with Crippen molar-refractivity contribution in [2.75, 3.05) is 12.8 Å². The summed E-state index contributed by atoms with van der Waals surface area (Å²) in [6, 6.07) is 8.29. The number of allylic oxidation sites excluding steroid dienone is 4. The topological polar surface area (TPSA) is 35.5 Å². The number of hydrogen-bond donors (Lipinski definition) is 0. The Morgan fingerprint density at radius 2 is 1.64 bits per heavy atom. The van der Waals surface area contributed by atoms with Gasteiger partial charge in [0.1, 0.15) is 0 Å². The van der Waals surface area contributed by atoms with E-state index < -0.39 is 7.60 Å². The Kier molecular flexibility index (Phi) is 10.0. The first-order valence-electron chi connectivity index (χ1n) is 9.13. The average molecular weight is 364 g/mol. The van der Waals surface area contributed by atoms with Gasteiger partial charge in [-0.25, -0.2) is 0 Å². The van der Waals surface area contributed by atoms with Crippen LogP contribution in [-0.2, 0) is 26.6 Å². The Hall–Kier alpha value is -1.15. The lowest BCUT2D eigenvalue weighted by Gasteiger charge is -2.16. The van der Waals surface area contributed by atoms with Crippen molar-refractivity contribution in [3.05, 3.63) is 58.7 Å². The fourth-order valence-corrected chi connectivity index (χ4v) is 3.52. The molecule has 0 spiro atoms. The van der Waals surface area contributed by atoms with Gasteiger partial charge in [0.25, 0.3) is 0 Å². The van der Waals surface area contributed by atoms with Gasteiger partial charge in [-0.05, 0) is 58.1 Å². The zero-order valence-corrected chi connectivity index (χ0v) is 17.3. The molecule has 0 aliphatic heterocycles. The van der Waals surface area contributed by atoms with E-state index in [2.05, 4.69) is 45.1 Å². The monoisotopic (exact) mass is 364 g/mol. The van der Waals surface area contributed by atoms with Crippen LogP contribution in [0.2, 0.25) is 0 Å². The van der Waals surface area contributed by atoms with E-state index in [1.807, 2.05) is 26.0 Å². The SMILES string of the molecule is CCOP(=O)(CC)OCc1ccc(CC=C(C)CCC=C(C)C)cc1. The second kappa shape index (κ2) is 11.5. The maximum atomic E-state index is 12.3. The number of rotatable bonds is 11. The van der Waals surface area contributed by atoms with E-state index in [1.54, 1.807) is 0 Å². The Balaban J connectivity index is 2.50. The van der Waals surface area contributed by atoms with Crippen molar-refractivity contribution in [3.8, 4) is 0 Å². The lowest BCUT2D eigenvalue weighted by molar-refractivity contribution is 0.206. The molecule has 0 fully saturated rings. The Morgan fingerprint density at radius 3 is 2.20 bits per heavy atom. The van der Waals surface area contributed by atoms with Crippen molar-refractivity contribution in [3.63, 3.8) is 0 Å². The summed E-state index contributed by atoms with van der Waals surface area (Å²) in [5.41, 5.74) is 5.09. The van der Waals surface area contributed by atoms with Gasteiger partial charge < -0.3 is 9.05 Å². The minimum absolute atomic E-state index is 0.322. The van der Waals surface area contributed by atoms with Crippen molar-refractivity contribution >= 4 is 7.60 Å². The molecule has 1 aromatic rings. The van der Waals surface area contributed by atoms with Gasteiger partial charge in [-0.15, -0.1) is 0 Å². The summed E-state index contributed by atoms with van der Waals surface area (Å²) in [5, 5.41) is 0. The predicted octanol–water partition coefficient (Wildman–Crippen LogP) is 6.69. The molecule has 4 heteroatoms. The van der Waals surface area contributed by atoms with Crippen molar-refractivity contribution in [2.24, 2.45) is 0 Å². The molecule has 25 heavy (non-hydrogen) atoms. The lowest BCUT2D eigenvalue weighted by Crippen LogP contribution is -1.98. The Bertz CT molecular complexity index is 611. The molecule has 0 saturated heterocycles. The molecule has 0 saturated carbocycles. The Labute approximate surface area is 153 Å². The normalized spacial score (nSPS) is 14.2. The van der Waals surface area contributed by atoms with Gasteiger partial charge >= 0.3 is 7.60 Å². The molecule has 1 atom stereocenters. The fraction of sp³-hybridized carbons (Fsp3) is 0.524.